The Hall–Kier alpha value is 0.610. The van der Waals surface area contributed by atoms with Crippen molar-refractivity contribution >= 4 is 23.0 Å². The summed E-state index contributed by atoms with van der Waals surface area (Å²) in [6.07, 6.45) is 3.33. The van der Waals surface area contributed by atoms with Gasteiger partial charge in [0.05, 0.1) is 0 Å². The monoisotopic (exact) mass is 258 g/mol. The van der Waals surface area contributed by atoms with Gasteiger partial charge in [-0.25, -0.2) is 0 Å². The van der Waals surface area contributed by atoms with Crippen molar-refractivity contribution in [2.24, 2.45) is 0 Å². The minimum atomic E-state index is -0.0245. The van der Waals surface area contributed by atoms with Crippen molar-refractivity contribution < 1.29 is 12.5 Å². The van der Waals surface area contributed by atoms with Gasteiger partial charge in [0.15, 0.2) is 13.1 Å². The van der Waals surface area contributed by atoms with Crippen molar-refractivity contribution in [1.29, 1.82) is 0 Å². The van der Waals surface area contributed by atoms with Gasteiger partial charge >= 0.3 is 0 Å². The molecule has 0 saturated carbocycles. The SMILES string of the molecule is IOCOC1CCCCO1. The Morgan fingerprint density at radius 3 is 3.00 bits per heavy atom. The van der Waals surface area contributed by atoms with Crippen molar-refractivity contribution in [2.75, 3.05) is 13.4 Å². The molecule has 1 fully saturated rings. The van der Waals surface area contributed by atoms with E-state index in [0.29, 0.717) is 6.79 Å². The molecule has 10 heavy (non-hydrogen) atoms. The lowest BCUT2D eigenvalue weighted by atomic mass is 10.2. The summed E-state index contributed by atoms with van der Waals surface area (Å²) in [5.74, 6) is 0. The Morgan fingerprint density at radius 1 is 1.50 bits per heavy atom. The summed E-state index contributed by atoms with van der Waals surface area (Å²) in [6, 6.07) is 0. The third-order valence-corrected chi connectivity index (χ3v) is 1.69. The van der Waals surface area contributed by atoms with Crippen molar-refractivity contribution in [2.45, 2.75) is 25.6 Å². The van der Waals surface area contributed by atoms with Crippen LogP contribution in [0.1, 0.15) is 19.3 Å². The molecule has 1 aliphatic rings. The van der Waals surface area contributed by atoms with E-state index in [9.17, 15) is 0 Å². The molecular formula is C6H11IO3. The quantitative estimate of drug-likeness (QED) is 0.571. The number of halogens is 1. The molecular weight excluding hydrogens is 247 g/mol. The number of hydrogen-bond donors (Lipinski definition) is 0. The van der Waals surface area contributed by atoms with Gasteiger partial charge in [-0.2, -0.15) is 0 Å². The van der Waals surface area contributed by atoms with E-state index in [0.717, 1.165) is 19.4 Å². The van der Waals surface area contributed by atoms with E-state index < -0.39 is 0 Å². The van der Waals surface area contributed by atoms with E-state index in [4.69, 9.17) is 12.5 Å². The molecule has 0 radical (unpaired) electrons. The van der Waals surface area contributed by atoms with Crippen molar-refractivity contribution in [1.82, 2.24) is 0 Å². The molecule has 4 heteroatoms. The van der Waals surface area contributed by atoms with Crippen LogP contribution in [0.5, 0.6) is 0 Å². The number of hydrogen-bond acceptors (Lipinski definition) is 3. The molecule has 0 spiro atoms. The van der Waals surface area contributed by atoms with E-state index >= 15 is 0 Å². The second-order valence-corrected chi connectivity index (χ2v) is 2.81. The van der Waals surface area contributed by atoms with E-state index in [1.165, 1.54) is 6.42 Å². The second-order valence-electron chi connectivity index (χ2n) is 2.19. The minimum absolute atomic E-state index is 0.0245. The van der Waals surface area contributed by atoms with Gasteiger partial charge in [-0.3, -0.25) is 3.07 Å². The average molecular weight is 258 g/mol. The van der Waals surface area contributed by atoms with Gasteiger partial charge in [0.1, 0.15) is 23.0 Å². The van der Waals surface area contributed by atoms with Gasteiger partial charge in [-0.15, -0.1) is 0 Å². The molecule has 60 valence electrons. The molecule has 1 aliphatic heterocycles. The molecule has 0 aromatic heterocycles. The van der Waals surface area contributed by atoms with Gasteiger partial charge in [0, 0.05) is 6.61 Å². The molecule has 1 rings (SSSR count). The van der Waals surface area contributed by atoms with Crippen LogP contribution in [0.4, 0.5) is 0 Å². The van der Waals surface area contributed by atoms with Crippen molar-refractivity contribution in [3.8, 4) is 0 Å². The molecule has 0 bridgehead atoms. The average Bonchev–Trinajstić information content (AvgIpc) is 2.03. The highest BCUT2D eigenvalue weighted by Crippen LogP contribution is 2.13. The number of ether oxygens (including phenoxy) is 2. The predicted molar refractivity (Wildman–Crippen MR) is 44.6 cm³/mol. The van der Waals surface area contributed by atoms with Gasteiger partial charge in [0.2, 0.25) is 0 Å². The Bertz CT molecular complexity index is 83.1. The molecule has 3 nitrogen and oxygen atoms in total. The van der Waals surface area contributed by atoms with Crippen LogP contribution >= 0.6 is 23.0 Å². The third kappa shape index (κ3) is 3.14. The first-order valence-electron chi connectivity index (χ1n) is 3.40. The summed E-state index contributed by atoms with van der Waals surface area (Å²) < 4.78 is 15.2. The largest absolute Gasteiger partial charge is 0.353 e. The maximum absolute atomic E-state index is 5.27. The van der Waals surface area contributed by atoms with Crippen LogP contribution in [-0.2, 0) is 12.5 Å². The minimum Gasteiger partial charge on any atom is -0.353 e. The fraction of sp³-hybridized carbons (Fsp3) is 1.00. The zero-order chi connectivity index (χ0) is 7.23. The molecule has 1 saturated heterocycles. The first kappa shape index (κ1) is 8.70. The third-order valence-electron chi connectivity index (χ3n) is 1.44. The number of rotatable bonds is 3. The zero-order valence-corrected chi connectivity index (χ0v) is 7.87. The Balaban J connectivity index is 2.02. The molecule has 0 N–H and O–H groups in total. The van der Waals surface area contributed by atoms with Gasteiger partial charge in [-0.1, -0.05) is 0 Å². The molecule has 1 heterocycles. The summed E-state index contributed by atoms with van der Waals surface area (Å²) in [7, 11) is 0. The normalized spacial score (nSPS) is 26.7. The van der Waals surface area contributed by atoms with Crippen LogP contribution in [-0.4, -0.2) is 19.7 Å². The van der Waals surface area contributed by atoms with Crippen molar-refractivity contribution in [3.63, 3.8) is 0 Å². The topological polar surface area (TPSA) is 27.7 Å². The van der Waals surface area contributed by atoms with Gasteiger partial charge < -0.3 is 9.47 Å². The lowest BCUT2D eigenvalue weighted by Crippen LogP contribution is -2.22. The fourth-order valence-corrected chi connectivity index (χ4v) is 1.09. The molecule has 0 aliphatic carbocycles. The van der Waals surface area contributed by atoms with Crippen molar-refractivity contribution in [3.05, 3.63) is 0 Å². The summed E-state index contributed by atoms with van der Waals surface area (Å²) >= 11 is 1.80. The smallest absolute Gasteiger partial charge is 0.161 e. The fourth-order valence-electron chi connectivity index (χ4n) is 0.944. The Labute approximate surface area is 74.7 Å². The lowest BCUT2D eigenvalue weighted by Gasteiger charge is -2.21. The molecule has 0 amide bonds. The predicted octanol–water partition coefficient (Wildman–Crippen LogP) is 1.85. The summed E-state index contributed by atoms with van der Waals surface area (Å²) in [6.45, 7) is 1.15. The highest BCUT2D eigenvalue weighted by Gasteiger charge is 2.13. The van der Waals surface area contributed by atoms with Crippen LogP contribution in [0.3, 0.4) is 0 Å². The second kappa shape index (κ2) is 5.29. The first-order chi connectivity index (χ1) is 4.93. The summed E-state index contributed by atoms with van der Waals surface area (Å²) in [4.78, 5) is 0. The van der Waals surface area contributed by atoms with Crippen LogP contribution in [0.2, 0.25) is 0 Å². The lowest BCUT2D eigenvalue weighted by molar-refractivity contribution is -0.185. The van der Waals surface area contributed by atoms with Crippen LogP contribution in [0, 0.1) is 0 Å². The van der Waals surface area contributed by atoms with Crippen LogP contribution in [0.15, 0.2) is 0 Å². The Kier molecular flexibility index (Phi) is 4.60. The summed E-state index contributed by atoms with van der Waals surface area (Å²) in [5.41, 5.74) is 0. The zero-order valence-electron chi connectivity index (χ0n) is 5.72. The van der Waals surface area contributed by atoms with E-state index in [1.807, 2.05) is 0 Å². The van der Waals surface area contributed by atoms with Crippen LogP contribution < -0.4 is 0 Å². The highest BCUT2D eigenvalue weighted by atomic mass is 127. The molecule has 1 unspecified atom stereocenters. The summed E-state index contributed by atoms with van der Waals surface area (Å²) in [5, 5.41) is 0. The molecule has 0 aromatic carbocycles. The first-order valence-corrected chi connectivity index (χ1v) is 4.28. The Morgan fingerprint density at radius 2 is 2.40 bits per heavy atom. The van der Waals surface area contributed by atoms with E-state index in [-0.39, 0.29) is 6.29 Å². The molecule has 1 atom stereocenters. The van der Waals surface area contributed by atoms with Gasteiger partial charge in [0.25, 0.3) is 0 Å². The molecule has 0 aromatic rings. The van der Waals surface area contributed by atoms with Crippen LogP contribution in [0.25, 0.3) is 0 Å². The van der Waals surface area contributed by atoms with E-state index in [1.54, 1.807) is 23.0 Å². The van der Waals surface area contributed by atoms with E-state index in [2.05, 4.69) is 0 Å². The maximum atomic E-state index is 5.27. The van der Waals surface area contributed by atoms with Gasteiger partial charge in [-0.05, 0) is 19.3 Å². The maximum Gasteiger partial charge on any atom is 0.161 e. The highest BCUT2D eigenvalue weighted by molar-refractivity contribution is 14.1. The standard InChI is InChI=1S/C6H11IO3/c7-10-5-9-6-3-1-2-4-8-6/h6H,1-5H2.